The Morgan fingerprint density at radius 3 is 1.96 bits per heavy atom. The number of carboxylic acid groups (broad SMARTS) is 2. The average molecular weight is 392 g/mol. The minimum Gasteiger partial charge on any atom is -0.481 e. The lowest BCUT2D eigenvalue weighted by Gasteiger charge is -2.25. The van der Waals surface area contributed by atoms with Crippen molar-refractivity contribution in [2.45, 2.75) is 38.4 Å². The predicted molar refractivity (Wildman–Crippen MR) is 93.4 cm³/mol. The summed E-state index contributed by atoms with van der Waals surface area (Å²) in [5.41, 5.74) is 5.47. The summed E-state index contributed by atoms with van der Waals surface area (Å²) in [6.45, 7) is 2.57. The molecule has 26 heavy (non-hydrogen) atoms. The topological polar surface area (TPSA) is 188 Å². The zero-order valence-electron chi connectivity index (χ0n) is 14.4. The van der Waals surface area contributed by atoms with E-state index in [0.29, 0.717) is 0 Å². The van der Waals surface area contributed by atoms with Crippen LogP contribution in [0.15, 0.2) is 0 Å². The van der Waals surface area contributed by atoms with E-state index >= 15 is 0 Å². The summed E-state index contributed by atoms with van der Waals surface area (Å²) < 4.78 is 0. The number of nitrogens with two attached hydrogens (primary N) is 1. The maximum atomic E-state index is 12.3. The fourth-order valence-corrected chi connectivity index (χ4v) is 1.97. The van der Waals surface area contributed by atoms with Crippen LogP contribution in [0.5, 0.6) is 0 Å². The molecule has 0 aromatic carbocycles. The van der Waals surface area contributed by atoms with Crippen LogP contribution in [-0.4, -0.2) is 70.3 Å². The lowest BCUT2D eigenvalue weighted by atomic mass is 10.0. The molecule has 12 heteroatoms. The molecule has 0 fully saturated rings. The summed E-state index contributed by atoms with van der Waals surface area (Å²) in [5, 5.41) is 24.2. The summed E-state index contributed by atoms with van der Waals surface area (Å²) in [4.78, 5) is 57.6. The number of thiol groups is 1. The van der Waals surface area contributed by atoms with Crippen molar-refractivity contribution in [2.24, 2.45) is 11.7 Å². The van der Waals surface area contributed by atoms with E-state index in [0.717, 1.165) is 0 Å². The first-order valence-corrected chi connectivity index (χ1v) is 8.31. The predicted octanol–water partition coefficient (Wildman–Crippen LogP) is -2.46. The number of hydrogen-bond donors (Lipinski definition) is 7. The molecule has 11 nitrogen and oxygen atoms in total. The van der Waals surface area contributed by atoms with Crippen LogP contribution < -0.4 is 21.7 Å². The second kappa shape index (κ2) is 11.3. The van der Waals surface area contributed by atoms with Crippen molar-refractivity contribution < 1.29 is 34.2 Å². The number of amides is 3. The molecular formula is C14H24N4O7S. The van der Waals surface area contributed by atoms with E-state index in [9.17, 15) is 24.0 Å². The third-order valence-corrected chi connectivity index (χ3v) is 3.60. The monoisotopic (exact) mass is 392 g/mol. The number of nitrogens with one attached hydrogen (secondary N) is 3. The van der Waals surface area contributed by atoms with E-state index in [1.807, 2.05) is 0 Å². The number of rotatable bonds is 11. The highest BCUT2D eigenvalue weighted by molar-refractivity contribution is 7.80. The number of carboxylic acids is 2. The lowest BCUT2D eigenvalue weighted by molar-refractivity contribution is -0.141. The first-order valence-electron chi connectivity index (χ1n) is 7.68. The Bertz CT molecular complexity index is 555. The van der Waals surface area contributed by atoms with Gasteiger partial charge in [0.2, 0.25) is 17.7 Å². The van der Waals surface area contributed by atoms with Crippen LogP contribution >= 0.6 is 12.6 Å². The standard InChI is InChI=1S/C14H24N4O7S/c1-6(2)11(14(25)16-4-10(21)22)18-13(24)8(3-9(19)20)17-12(23)7(15)5-26/h6-8,11,26H,3-5,15H2,1-2H3,(H,16,25)(H,17,23)(H,18,24)(H,19,20)(H,21,22). The van der Waals surface area contributed by atoms with Gasteiger partial charge in [0, 0.05) is 5.75 Å². The molecule has 0 aromatic rings. The molecule has 0 aliphatic heterocycles. The molecule has 148 valence electrons. The van der Waals surface area contributed by atoms with E-state index in [1.165, 1.54) is 0 Å². The van der Waals surface area contributed by atoms with E-state index in [4.69, 9.17) is 15.9 Å². The minimum atomic E-state index is -1.46. The van der Waals surface area contributed by atoms with E-state index in [-0.39, 0.29) is 5.75 Å². The van der Waals surface area contributed by atoms with Crippen molar-refractivity contribution >= 4 is 42.3 Å². The fraction of sp³-hybridized carbons (Fsp3) is 0.643. The van der Waals surface area contributed by atoms with Crippen molar-refractivity contribution in [1.29, 1.82) is 0 Å². The third-order valence-electron chi connectivity index (χ3n) is 3.21. The van der Waals surface area contributed by atoms with Crippen LogP contribution in [-0.2, 0) is 24.0 Å². The molecule has 0 saturated heterocycles. The van der Waals surface area contributed by atoms with Crippen molar-refractivity contribution in [3.05, 3.63) is 0 Å². The van der Waals surface area contributed by atoms with Crippen molar-refractivity contribution in [3.63, 3.8) is 0 Å². The zero-order chi connectivity index (χ0) is 20.4. The summed E-state index contributed by atoms with van der Waals surface area (Å²) >= 11 is 3.84. The van der Waals surface area contributed by atoms with Crippen molar-refractivity contribution in [1.82, 2.24) is 16.0 Å². The van der Waals surface area contributed by atoms with Crippen LogP contribution in [0.3, 0.4) is 0 Å². The molecule has 0 aromatic heterocycles. The number of aliphatic carboxylic acids is 2. The Morgan fingerprint density at radius 2 is 1.54 bits per heavy atom. The molecule has 7 N–H and O–H groups in total. The van der Waals surface area contributed by atoms with Gasteiger partial charge in [-0.25, -0.2) is 0 Å². The maximum absolute atomic E-state index is 12.3. The number of carbonyl (C=O) groups excluding carboxylic acids is 3. The smallest absolute Gasteiger partial charge is 0.322 e. The van der Waals surface area contributed by atoms with Crippen LogP contribution in [0.25, 0.3) is 0 Å². The normalized spacial score (nSPS) is 14.0. The summed E-state index contributed by atoms with van der Waals surface area (Å²) in [5.74, 6) is -5.46. The lowest BCUT2D eigenvalue weighted by Crippen LogP contribution is -2.57. The number of carbonyl (C=O) groups is 5. The van der Waals surface area contributed by atoms with Crippen molar-refractivity contribution in [3.8, 4) is 0 Å². The van der Waals surface area contributed by atoms with Crippen molar-refractivity contribution in [2.75, 3.05) is 12.3 Å². The van der Waals surface area contributed by atoms with Gasteiger partial charge in [0.15, 0.2) is 0 Å². The van der Waals surface area contributed by atoms with Gasteiger partial charge in [-0.05, 0) is 5.92 Å². The van der Waals surface area contributed by atoms with Gasteiger partial charge in [-0.1, -0.05) is 13.8 Å². The Labute approximate surface area is 155 Å². The van der Waals surface area contributed by atoms with Crippen LogP contribution in [0.2, 0.25) is 0 Å². The van der Waals surface area contributed by atoms with Gasteiger partial charge < -0.3 is 31.9 Å². The molecule has 0 saturated carbocycles. The second-order valence-corrected chi connectivity index (χ2v) is 6.16. The van der Waals surface area contributed by atoms with Gasteiger partial charge in [-0.2, -0.15) is 12.6 Å². The molecule has 0 spiro atoms. The molecule has 0 aliphatic rings. The van der Waals surface area contributed by atoms with Crippen LogP contribution in [0.4, 0.5) is 0 Å². The van der Waals surface area contributed by atoms with Gasteiger partial charge in [0.05, 0.1) is 12.5 Å². The molecule has 0 aliphatic carbocycles. The molecule has 0 bridgehead atoms. The van der Waals surface area contributed by atoms with Crippen LogP contribution in [0, 0.1) is 5.92 Å². The van der Waals surface area contributed by atoms with E-state index in [1.54, 1.807) is 13.8 Å². The SMILES string of the molecule is CC(C)C(NC(=O)C(CC(=O)O)NC(=O)C(N)CS)C(=O)NCC(=O)O. The van der Waals surface area contributed by atoms with Gasteiger partial charge in [-0.3, -0.25) is 24.0 Å². The first kappa shape index (κ1) is 23.7. The average Bonchev–Trinajstić information content (AvgIpc) is 2.54. The molecule has 3 unspecified atom stereocenters. The van der Waals surface area contributed by atoms with Gasteiger partial charge in [0.25, 0.3) is 0 Å². The summed E-state index contributed by atoms with van der Waals surface area (Å²) in [6, 6.07) is -3.62. The molecule has 3 amide bonds. The van der Waals surface area contributed by atoms with E-state index < -0.39 is 66.7 Å². The van der Waals surface area contributed by atoms with Gasteiger partial charge in [-0.15, -0.1) is 0 Å². The molecule has 0 radical (unpaired) electrons. The maximum Gasteiger partial charge on any atom is 0.322 e. The molecular weight excluding hydrogens is 368 g/mol. The van der Waals surface area contributed by atoms with E-state index in [2.05, 4.69) is 28.6 Å². The van der Waals surface area contributed by atoms with Gasteiger partial charge in [0.1, 0.15) is 18.6 Å². The Hall–Kier alpha value is -2.34. The number of hydrogen-bond acceptors (Lipinski definition) is 7. The quantitative estimate of drug-likeness (QED) is 0.189. The zero-order valence-corrected chi connectivity index (χ0v) is 15.3. The van der Waals surface area contributed by atoms with Crippen LogP contribution in [0.1, 0.15) is 20.3 Å². The second-order valence-electron chi connectivity index (χ2n) is 5.79. The highest BCUT2D eigenvalue weighted by Crippen LogP contribution is 2.04. The molecule has 0 rings (SSSR count). The first-order chi connectivity index (χ1) is 12.0. The van der Waals surface area contributed by atoms with Gasteiger partial charge >= 0.3 is 11.9 Å². The highest BCUT2D eigenvalue weighted by Gasteiger charge is 2.30. The third kappa shape index (κ3) is 8.67. The minimum absolute atomic E-state index is 0.0144. The highest BCUT2D eigenvalue weighted by atomic mass is 32.1. The Kier molecular flexibility index (Phi) is 10.3. The fourth-order valence-electron chi connectivity index (χ4n) is 1.81. The summed E-state index contributed by atoms with van der Waals surface area (Å²) in [7, 11) is 0. The molecule has 3 atom stereocenters. The Morgan fingerprint density at radius 1 is 0.962 bits per heavy atom. The summed E-state index contributed by atoms with van der Waals surface area (Å²) in [6.07, 6.45) is -0.724. The Balaban J connectivity index is 5.15. The molecule has 0 heterocycles. The largest absolute Gasteiger partial charge is 0.481 e.